The summed E-state index contributed by atoms with van der Waals surface area (Å²) in [6, 6.07) is 8.31. The van der Waals surface area contributed by atoms with E-state index in [1.807, 2.05) is 6.07 Å². The molecule has 0 bridgehead atoms. The Hall–Kier alpha value is -1.39. The van der Waals surface area contributed by atoms with Gasteiger partial charge in [-0.2, -0.15) is 0 Å². The molecule has 4 heteroatoms. The molecule has 1 aromatic heterocycles. The zero-order chi connectivity index (χ0) is 12.5. The summed E-state index contributed by atoms with van der Waals surface area (Å²) in [4.78, 5) is 12.9. The predicted octanol–water partition coefficient (Wildman–Crippen LogP) is 2.34. The first-order valence-electron chi connectivity index (χ1n) is 6.25. The summed E-state index contributed by atoms with van der Waals surface area (Å²) in [6.45, 7) is 2.02. The fourth-order valence-electron chi connectivity index (χ4n) is 2.65. The van der Waals surface area contributed by atoms with Gasteiger partial charge in [0.05, 0.1) is 4.88 Å². The lowest BCUT2D eigenvalue weighted by Crippen LogP contribution is -2.19. The number of thiophene rings is 1. The molecule has 2 heterocycles. The van der Waals surface area contributed by atoms with Crippen molar-refractivity contribution >= 4 is 27.3 Å². The number of amides is 1. The van der Waals surface area contributed by atoms with Crippen molar-refractivity contribution in [2.45, 2.75) is 12.3 Å². The van der Waals surface area contributed by atoms with Crippen molar-refractivity contribution in [3.63, 3.8) is 0 Å². The fourth-order valence-corrected chi connectivity index (χ4v) is 3.89. The zero-order valence-electron chi connectivity index (χ0n) is 10.3. The lowest BCUT2D eigenvalue weighted by Gasteiger charge is -2.10. The van der Waals surface area contributed by atoms with Crippen LogP contribution in [0.5, 0.6) is 0 Å². The van der Waals surface area contributed by atoms with Crippen LogP contribution in [0.25, 0.3) is 10.1 Å². The number of nitrogens with one attached hydrogen (secondary N) is 2. The maximum atomic E-state index is 12.0. The third-order valence-corrected chi connectivity index (χ3v) is 4.72. The maximum absolute atomic E-state index is 12.0. The molecule has 2 aromatic rings. The van der Waals surface area contributed by atoms with Crippen molar-refractivity contribution in [3.05, 3.63) is 34.7 Å². The zero-order valence-corrected chi connectivity index (χ0v) is 11.1. The van der Waals surface area contributed by atoms with Crippen LogP contribution in [0.2, 0.25) is 0 Å². The van der Waals surface area contributed by atoms with Gasteiger partial charge in [-0.05, 0) is 35.9 Å². The number of rotatable bonds is 2. The van der Waals surface area contributed by atoms with Crippen LogP contribution in [0, 0.1) is 0 Å². The third-order valence-electron chi connectivity index (χ3n) is 3.54. The topological polar surface area (TPSA) is 41.1 Å². The molecular formula is C14H16N2OS. The molecule has 0 saturated carbocycles. The van der Waals surface area contributed by atoms with Crippen LogP contribution in [-0.2, 0) is 0 Å². The molecule has 0 unspecified atom stereocenters. The average Bonchev–Trinajstić information content (AvgIpc) is 3.03. The van der Waals surface area contributed by atoms with E-state index in [2.05, 4.69) is 28.8 Å². The van der Waals surface area contributed by atoms with Crippen LogP contribution < -0.4 is 10.6 Å². The number of hydrogen-bond acceptors (Lipinski definition) is 3. The molecule has 1 atom stereocenters. The van der Waals surface area contributed by atoms with E-state index in [-0.39, 0.29) is 5.91 Å². The van der Waals surface area contributed by atoms with Crippen molar-refractivity contribution in [2.24, 2.45) is 0 Å². The standard InChI is InChI=1S/C14H16N2OS/c1-15-14(17)13-12(9-6-7-16-8-9)10-4-2-3-5-11(10)18-13/h2-5,9,16H,6-8H2,1H3,(H,15,17)/t9-/m0/s1. The van der Waals surface area contributed by atoms with Crippen molar-refractivity contribution in [1.82, 2.24) is 10.6 Å². The van der Waals surface area contributed by atoms with E-state index in [4.69, 9.17) is 0 Å². The average molecular weight is 260 g/mol. The van der Waals surface area contributed by atoms with Crippen LogP contribution in [-0.4, -0.2) is 26.0 Å². The highest BCUT2D eigenvalue weighted by Gasteiger charge is 2.26. The van der Waals surface area contributed by atoms with Gasteiger partial charge in [-0.3, -0.25) is 4.79 Å². The second-order valence-corrected chi connectivity index (χ2v) is 5.66. The minimum atomic E-state index is 0.0399. The Morgan fingerprint density at radius 3 is 3.00 bits per heavy atom. The van der Waals surface area contributed by atoms with Crippen LogP contribution in [0.1, 0.15) is 27.6 Å². The summed E-state index contributed by atoms with van der Waals surface area (Å²) >= 11 is 1.60. The van der Waals surface area contributed by atoms with Gasteiger partial charge in [0.25, 0.3) is 5.91 Å². The molecule has 3 nitrogen and oxygen atoms in total. The first-order chi connectivity index (χ1) is 8.81. The molecule has 18 heavy (non-hydrogen) atoms. The highest BCUT2D eigenvalue weighted by atomic mass is 32.1. The summed E-state index contributed by atoms with van der Waals surface area (Å²) < 4.78 is 1.21. The second kappa shape index (κ2) is 4.71. The van der Waals surface area contributed by atoms with Crippen molar-refractivity contribution in [2.75, 3.05) is 20.1 Å². The Kier molecular flexibility index (Phi) is 3.06. The Labute approximate surface area is 110 Å². The summed E-state index contributed by atoms with van der Waals surface area (Å²) in [5.41, 5.74) is 1.24. The number of hydrogen-bond donors (Lipinski definition) is 2. The van der Waals surface area contributed by atoms with Crippen molar-refractivity contribution in [1.29, 1.82) is 0 Å². The van der Waals surface area contributed by atoms with E-state index in [0.717, 1.165) is 24.4 Å². The molecule has 3 rings (SSSR count). The molecule has 1 fully saturated rings. The molecule has 2 N–H and O–H groups in total. The molecule has 1 saturated heterocycles. The highest BCUT2D eigenvalue weighted by molar-refractivity contribution is 7.21. The highest BCUT2D eigenvalue weighted by Crippen LogP contribution is 2.38. The van der Waals surface area contributed by atoms with Gasteiger partial charge in [-0.15, -0.1) is 11.3 Å². The van der Waals surface area contributed by atoms with E-state index < -0.39 is 0 Å². The van der Waals surface area contributed by atoms with Gasteiger partial charge in [0.2, 0.25) is 0 Å². The van der Waals surface area contributed by atoms with Gasteiger partial charge in [0.15, 0.2) is 0 Å². The summed E-state index contributed by atoms with van der Waals surface area (Å²) in [5, 5.41) is 7.38. The lowest BCUT2D eigenvalue weighted by atomic mass is 9.95. The lowest BCUT2D eigenvalue weighted by molar-refractivity contribution is 0.0966. The van der Waals surface area contributed by atoms with Crippen LogP contribution in [0.3, 0.4) is 0 Å². The Morgan fingerprint density at radius 1 is 1.44 bits per heavy atom. The van der Waals surface area contributed by atoms with Crippen LogP contribution >= 0.6 is 11.3 Å². The maximum Gasteiger partial charge on any atom is 0.261 e. The van der Waals surface area contributed by atoms with Crippen molar-refractivity contribution < 1.29 is 4.79 Å². The number of carbonyl (C=O) groups is 1. The van der Waals surface area contributed by atoms with E-state index in [1.54, 1.807) is 18.4 Å². The first kappa shape index (κ1) is 11.7. The van der Waals surface area contributed by atoms with Gasteiger partial charge in [-0.1, -0.05) is 18.2 Å². The number of benzene rings is 1. The predicted molar refractivity (Wildman–Crippen MR) is 75.4 cm³/mol. The monoisotopic (exact) mass is 260 g/mol. The third kappa shape index (κ3) is 1.82. The second-order valence-electron chi connectivity index (χ2n) is 4.61. The minimum Gasteiger partial charge on any atom is -0.354 e. The van der Waals surface area contributed by atoms with E-state index in [1.165, 1.54) is 15.6 Å². The van der Waals surface area contributed by atoms with Gasteiger partial charge in [-0.25, -0.2) is 0 Å². The van der Waals surface area contributed by atoms with Gasteiger partial charge < -0.3 is 10.6 Å². The van der Waals surface area contributed by atoms with Gasteiger partial charge in [0.1, 0.15) is 0 Å². The molecule has 0 aliphatic carbocycles. The normalized spacial score (nSPS) is 19.3. The summed E-state index contributed by atoms with van der Waals surface area (Å²) in [6.07, 6.45) is 1.12. The molecule has 94 valence electrons. The van der Waals surface area contributed by atoms with Gasteiger partial charge >= 0.3 is 0 Å². The smallest absolute Gasteiger partial charge is 0.261 e. The summed E-state index contributed by atoms with van der Waals surface area (Å²) in [7, 11) is 1.70. The van der Waals surface area contributed by atoms with E-state index in [9.17, 15) is 4.79 Å². The van der Waals surface area contributed by atoms with E-state index in [0.29, 0.717) is 5.92 Å². The molecule has 1 aromatic carbocycles. The largest absolute Gasteiger partial charge is 0.354 e. The summed E-state index contributed by atoms with van der Waals surface area (Å²) in [5.74, 6) is 0.506. The first-order valence-corrected chi connectivity index (χ1v) is 7.07. The molecular weight excluding hydrogens is 244 g/mol. The molecule has 1 aliphatic heterocycles. The fraction of sp³-hybridized carbons (Fsp3) is 0.357. The Morgan fingerprint density at radius 2 is 2.28 bits per heavy atom. The van der Waals surface area contributed by atoms with Crippen LogP contribution in [0.4, 0.5) is 0 Å². The minimum absolute atomic E-state index is 0.0399. The van der Waals surface area contributed by atoms with Gasteiger partial charge in [0, 0.05) is 18.3 Å². The molecule has 1 amide bonds. The molecule has 1 aliphatic rings. The quantitative estimate of drug-likeness (QED) is 0.870. The number of carbonyl (C=O) groups excluding carboxylic acids is 1. The van der Waals surface area contributed by atoms with Crippen LogP contribution in [0.15, 0.2) is 24.3 Å². The molecule has 0 radical (unpaired) electrons. The van der Waals surface area contributed by atoms with Crippen molar-refractivity contribution in [3.8, 4) is 0 Å². The SMILES string of the molecule is CNC(=O)c1sc2ccccc2c1[C@H]1CCNC1. The van der Waals surface area contributed by atoms with E-state index >= 15 is 0 Å². The number of fused-ring (bicyclic) bond motifs is 1. The Bertz CT molecular complexity index is 584. The Balaban J connectivity index is 2.20. The molecule has 0 spiro atoms.